The van der Waals surface area contributed by atoms with Crippen molar-refractivity contribution in [3.8, 4) is 5.69 Å². The van der Waals surface area contributed by atoms with Gasteiger partial charge >= 0.3 is 5.97 Å². The molecule has 1 N–H and O–H groups in total. The molecule has 0 radical (unpaired) electrons. The standard InChI is InChI=1S/C11H8BrF2N3O2S/c1-5-15-16-11(20-4-10(18)19)17(5)9-3-7(13)6(12)2-8(9)14/h2-3H,4H2,1H3,(H,18,19). The van der Waals surface area contributed by atoms with E-state index in [1.807, 2.05) is 0 Å². The van der Waals surface area contributed by atoms with Crippen LogP contribution in [0, 0.1) is 18.6 Å². The van der Waals surface area contributed by atoms with E-state index in [2.05, 4.69) is 26.1 Å². The van der Waals surface area contributed by atoms with Gasteiger partial charge in [0.05, 0.1) is 15.9 Å². The molecule has 2 rings (SSSR count). The molecule has 1 aromatic heterocycles. The number of hydrogen-bond acceptors (Lipinski definition) is 4. The SMILES string of the molecule is Cc1nnc(SCC(=O)O)n1-c1cc(F)c(Br)cc1F. The molecule has 1 aromatic carbocycles. The zero-order valence-corrected chi connectivity index (χ0v) is 12.5. The fraction of sp³-hybridized carbons (Fsp3) is 0.182. The smallest absolute Gasteiger partial charge is 0.313 e. The van der Waals surface area contributed by atoms with E-state index in [1.165, 1.54) is 4.57 Å². The van der Waals surface area contributed by atoms with E-state index in [0.29, 0.717) is 5.82 Å². The van der Waals surface area contributed by atoms with E-state index in [0.717, 1.165) is 23.9 Å². The first kappa shape index (κ1) is 14.9. The maximum absolute atomic E-state index is 14.0. The van der Waals surface area contributed by atoms with Gasteiger partial charge in [0.2, 0.25) is 0 Å². The zero-order chi connectivity index (χ0) is 14.9. The first-order valence-corrected chi connectivity index (χ1v) is 7.09. The van der Waals surface area contributed by atoms with Crippen molar-refractivity contribution in [1.29, 1.82) is 0 Å². The van der Waals surface area contributed by atoms with Gasteiger partial charge in [-0.15, -0.1) is 10.2 Å². The monoisotopic (exact) mass is 363 g/mol. The van der Waals surface area contributed by atoms with Crippen LogP contribution in [0.4, 0.5) is 8.78 Å². The van der Waals surface area contributed by atoms with Crippen molar-refractivity contribution in [2.75, 3.05) is 5.75 Å². The van der Waals surface area contributed by atoms with Crippen molar-refractivity contribution >= 4 is 33.7 Å². The van der Waals surface area contributed by atoms with Crippen molar-refractivity contribution in [1.82, 2.24) is 14.8 Å². The van der Waals surface area contributed by atoms with Crippen LogP contribution in [-0.4, -0.2) is 31.6 Å². The molecule has 0 bridgehead atoms. The largest absolute Gasteiger partial charge is 0.481 e. The lowest BCUT2D eigenvalue weighted by atomic mass is 10.3. The fourth-order valence-electron chi connectivity index (χ4n) is 1.52. The number of aryl methyl sites for hydroxylation is 1. The number of hydrogen-bond donors (Lipinski definition) is 1. The van der Waals surface area contributed by atoms with Crippen LogP contribution in [0.2, 0.25) is 0 Å². The van der Waals surface area contributed by atoms with Gasteiger partial charge in [0, 0.05) is 6.07 Å². The number of carboxylic acid groups (broad SMARTS) is 1. The Hall–Kier alpha value is -1.48. The van der Waals surface area contributed by atoms with Gasteiger partial charge in [-0.05, 0) is 28.9 Å². The molecule has 0 saturated carbocycles. The lowest BCUT2D eigenvalue weighted by molar-refractivity contribution is -0.133. The lowest BCUT2D eigenvalue weighted by Gasteiger charge is -2.09. The van der Waals surface area contributed by atoms with Crippen LogP contribution in [-0.2, 0) is 4.79 Å². The maximum Gasteiger partial charge on any atom is 0.313 e. The number of aliphatic carboxylic acids is 1. The first-order valence-electron chi connectivity index (χ1n) is 5.31. The predicted molar refractivity (Wildman–Crippen MR) is 72.1 cm³/mol. The van der Waals surface area contributed by atoms with Crippen molar-refractivity contribution in [2.24, 2.45) is 0 Å². The molecule has 0 atom stereocenters. The van der Waals surface area contributed by atoms with E-state index in [1.54, 1.807) is 6.92 Å². The number of rotatable bonds is 4. The van der Waals surface area contributed by atoms with E-state index >= 15 is 0 Å². The first-order chi connectivity index (χ1) is 9.40. The highest BCUT2D eigenvalue weighted by Crippen LogP contribution is 2.27. The Morgan fingerprint density at radius 1 is 1.40 bits per heavy atom. The minimum Gasteiger partial charge on any atom is -0.481 e. The Morgan fingerprint density at radius 2 is 2.10 bits per heavy atom. The van der Waals surface area contributed by atoms with Crippen LogP contribution in [0.3, 0.4) is 0 Å². The van der Waals surface area contributed by atoms with Gasteiger partial charge in [-0.25, -0.2) is 8.78 Å². The average molecular weight is 364 g/mol. The number of carbonyl (C=O) groups is 1. The second-order valence-corrected chi connectivity index (χ2v) is 5.56. The van der Waals surface area contributed by atoms with Gasteiger partial charge in [0.15, 0.2) is 5.16 Å². The summed E-state index contributed by atoms with van der Waals surface area (Å²) in [4.78, 5) is 10.6. The van der Waals surface area contributed by atoms with E-state index in [9.17, 15) is 13.6 Å². The van der Waals surface area contributed by atoms with E-state index < -0.39 is 17.6 Å². The number of carboxylic acids is 1. The van der Waals surface area contributed by atoms with Gasteiger partial charge in [-0.3, -0.25) is 9.36 Å². The summed E-state index contributed by atoms with van der Waals surface area (Å²) in [6.07, 6.45) is 0. The highest BCUT2D eigenvalue weighted by atomic mass is 79.9. The fourth-order valence-corrected chi connectivity index (χ4v) is 2.55. The summed E-state index contributed by atoms with van der Waals surface area (Å²) in [5.41, 5.74) is -0.0684. The lowest BCUT2D eigenvalue weighted by Crippen LogP contribution is -2.05. The highest BCUT2D eigenvalue weighted by molar-refractivity contribution is 9.10. The third-order valence-electron chi connectivity index (χ3n) is 2.35. The number of aromatic nitrogens is 3. The van der Waals surface area contributed by atoms with Gasteiger partial charge in [0.1, 0.15) is 17.5 Å². The molecule has 2 aromatic rings. The summed E-state index contributed by atoms with van der Waals surface area (Å²) < 4.78 is 28.8. The summed E-state index contributed by atoms with van der Waals surface area (Å²) in [5.74, 6) is -2.26. The molecule has 20 heavy (non-hydrogen) atoms. The molecule has 106 valence electrons. The maximum atomic E-state index is 14.0. The van der Waals surface area contributed by atoms with Crippen LogP contribution < -0.4 is 0 Å². The normalized spacial score (nSPS) is 10.8. The van der Waals surface area contributed by atoms with Crippen LogP contribution in [0.25, 0.3) is 5.69 Å². The number of benzene rings is 1. The highest BCUT2D eigenvalue weighted by Gasteiger charge is 2.17. The molecule has 0 saturated heterocycles. The molecule has 1 heterocycles. The molecule has 0 aliphatic rings. The van der Waals surface area contributed by atoms with Crippen LogP contribution in [0.5, 0.6) is 0 Å². The summed E-state index contributed by atoms with van der Waals surface area (Å²) in [5, 5.41) is 16.4. The molecule has 5 nitrogen and oxygen atoms in total. The Kier molecular flexibility index (Phi) is 4.39. The Labute approximate surface area is 125 Å². The molecule has 0 amide bonds. The third-order valence-corrected chi connectivity index (χ3v) is 3.87. The van der Waals surface area contributed by atoms with Crippen LogP contribution in [0.15, 0.2) is 21.8 Å². The Bertz CT molecular complexity index is 678. The molecule has 0 spiro atoms. The van der Waals surface area contributed by atoms with Gasteiger partial charge in [-0.1, -0.05) is 11.8 Å². The predicted octanol–water partition coefficient (Wildman–Crippen LogP) is 2.79. The van der Waals surface area contributed by atoms with Crippen molar-refractivity contribution in [2.45, 2.75) is 12.1 Å². The topological polar surface area (TPSA) is 68.0 Å². The van der Waals surface area contributed by atoms with Crippen LogP contribution in [0.1, 0.15) is 5.82 Å². The molecule has 0 fully saturated rings. The van der Waals surface area contributed by atoms with Crippen molar-refractivity contribution in [3.05, 3.63) is 34.1 Å². The molecular formula is C11H8BrF2N3O2S. The summed E-state index contributed by atoms with van der Waals surface area (Å²) in [6, 6.07) is 2.00. The summed E-state index contributed by atoms with van der Waals surface area (Å²) in [6.45, 7) is 1.57. The van der Waals surface area contributed by atoms with Crippen molar-refractivity contribution in [3.63, 3.8) is 0 Å². The molecule has 0 unspecified atom stereocenters. The van der Waals surface area contributed by atoms with E-state index in [-0.39, 0.29) is 21.1 Å². The Morgan fingerprint density at radius 3 is 2.75 bits per heavy atom. The van der Waals surface area contributed by atoms with Gasteiger partial charge in [-0.2, -0.15) is 0 Å². The molecular weight excluding hydrogens is 356 g/mol. The summed E-state index contributed by atoms with van der Waals surface area (Å²) >= 11 is 3.77. The molecule has 0 aliphatic heterocycles. The number of halogens is 3. The van der Waals surface area contributed by atoms with Crippen molar-refractivity contribution < 1.29 is 18.7 Å². The quantitative estimate of drug-likeness (QED) is 0.668. The second-order valence-electron chi connectivity index (χ2n) is 3.77. The number of nitrogens with zero attached hydrogens (tertiary/aromatic N) is 3. The zero-order valence-electron chi connectivity index (χ0n) is 10.1. The molecule has 9 heteroatoms. The average Bonchev–Trinajstić information content (AvgIpc) is 2.73. The number of thioether (sulfide) groups is 1. The van der Waals surface area contributed by atoms with Gasteiger partial charge < -0.3 is 5.11 Å². The summed E-state index contributed by atoms with van der Waals surface area (Å²) in [7, 11) is 0. The third kappa shape index (κ3) is 2.98. The minimum atomic E-state index is -1.04. The Balaban J connectivity index is 2.49. The molecule has 0 aliphatic carbocycles. The van der Waals surface area contributed by atoms with Gasteiger partial charge in [0.25, 0.3) is 0 Å². The van der Waals surface area contributed by atoms with E-state index in [4.69, 9.17) is 5.11 Å². The minimum absolute atomic E-state index is 0.00390. The second kappa shape index (κ2) is 5.88. The van der Waals surface area contributed by atoms with Crippen LogP contribution >= 0.6 is 27.7 Å².